The number of nitrogens with zero attached hydrogens (tertiary/aromatic N) is 1. The van der Waals surface area contributed by atoms with Crippen LogP contribution in [-0.2, 0) is 0 Å². The molecule has 3 heteroatoms. The molecule has 1 aromatic rings. The number of pyridine rings is 1. The van der Waals surface area contributed by atoms with Crippen molar-refractivity contribution in [1.82, 2.24) is 4.98 Å². The van der Waals surface area contributed by atoms with Crippen molar-refractivity contribution >= 4 is 5.82 Å². The van der Waals surface area contributed by atoms with Gasteiger partial charge in [0.1, 0.15) is 11.9 Å². The quantitative estimate of drug-likeness (QED) is 0.753. The highest BCUT2D eigenvalue weighted by atomic mass is 16.5. The molecule has 13 heavy (non-hydrogen) atoms. The van der Waals surface area contributed by atoms with Crippen molar-refractivity contribution in [3.8, 4) is 5.88 Å². The molecule has 3 nitrogen and oxygen atoms in total. The van der Waals surface area contributed by atoms with Crippen LogP contribution in [0.4, 0.5) is 5.82 Å². The summed E-state index contributed by atoms with van der Waals surface area (Å²) in [7, 11) is 0. The van der Waals surface area contributed by atoms with Gasteiger partial charge < -0.3 is 10.5 Å². The summed E-state index contributed by atoms with van der Waals surface area (Å²) in [6.45, 7) is 0. The van der Waals surface area contributed by atoms with Gasteiger partial charge in [0.05, 0.1) is 0 Å². The Balaban J connectivity index is 2.00. The van der Waals surface area contributed by atoms with Crippen molar-refractivity contribution in [2.75, 3.05) is 5.73 Å². The first-order valence-corrected chi connectivity index (χ1v) is 4.74. The van der Waals surface area contributed by atoms with Crippen LogP contribution >= 0.6 is 0 Å². The Morgan fingerprint density at radius 2 is 2.08 bits per heavy atom. The molecule has 0 spiro atoms. The molecule has 0 saturated heterocycles. The molecule has 0 atom stereocenters. The Bertz CT molecular complexity index is 282. The van der Waals surface area contributed by atoms with E-state index in [2.05, 4.69) is 4.98 Å². The smallest absolute Gasteiger partial charge is 0.215 e. The van der Waals surface area contributed by atoms with Gasteiger partial charge in [-0.05, 0) is 31.7 Å². The molecule has 1 fully saturated rings. The fraction of sp³-hybridized carbons (Fsp3) is 0.500. The summed E-state index contributed by atoms with van der Waals surface area (Å²) in [6, 6.07) is 5.49. The third-order valence-electron chi connectivity index (χ3n) is 2.33. The predicted molar refractivity (Wildman–Crippen MR) is 51.5 cm³/mol. The van der Waals surface area contributed by atoms with E-state index in [1.807, 2.05) is 12.1 Å². The Kier molecular flexibility index (Phi) is 2.34. The zero-order valence-electron chi connectivity index (χ0n) is 7.57. The summed E-state index contributed by atoms with van der Waals surface area (Å²) in [5.41, 5.74) is 5.54. The third kappa shape index (κ3) is 2.11. The van der Waals surface area contributed by atoms with Gasteiger partial charge >= 0.3 is 0 Å². The zero-order valence-corrected chi connectivity index (χ0v) is 7.57. The molecule has 0 radical (unpaired) electrons. The van der Waals surface area contributed by atoms with Crippen LogP contribution in [0.1, 0.15) is 25.7 Å². The van der Waals surface area contributed by atoms with Gasteiger partial charge in [0, 0.05) is 6.07 Å². The van der Waals surface area contributed by atoms with E-state index in [4.69, 9.17) is 10.5 Å². The Hall–Kier alpha value is -1.25. The first kappa shape index (κ1) is 8.35. The summed E-state index contributed by atoms with van der Waals surface area (Å²) in [5, 5.41) is 0. The highest BCUT2D eigenvalue weighted by Gasteiger charge is 2.16. The van der Waals surface area contributed by atoms with Crippen molar-refractivity contribution in [2.24, 2.45) is 0 Å². The molecule has 1 saturated carbocycles. The lowest BCUT2D eigenvalue weighted by molar-refractivity contribution is 0.202. The van der Waals surface area contributed by atoms with Gasteiger partial charge in [-0.3, -0.25) is 0 Å². The summed E-state index contributed by atoms with van der Waals surface area (Å²) < 4.78 is 5.66. The normalized spacial score (nSPS) is 17.5. The van der Waals surface area contributed by atoms with Gasteiger partial charge in [-0.15, -0.1) is 0 Å². The molecule has 0 aromatic carbocycles. The van der Waals surface area contributed by atoms with E-state index in [0.717, 1.165) is 12.8 Å². The van der Waals surface area contributed by atoms with Crippen molar-refractivity contribution in [3.63, 3.8) is 0 Å². The molecular weight excluding hydrogens is 164 g/mol. The summed E-state index contributed by atoms with van der Waals surface area (Å²) >= 11 is 0. The van der Waals surface area contributed by atoms with Crippen LogP contribution < -0.4 is 10.5 Å². The Morgan fingerprint density at radius 3 is 2.77 bits per heavy atom. The Morgan fingerprint density at radius 1 is 1.31 bits per heavy atom. The average molecular weight is 178 g/mol. The lowest BCUT2D eigenvalue weighted by Crippen LogP contribution is -2.12. The molecule has 2 rings (SSSR count). The van der Waals surface area contributed by atoms with Gasteiger partial charge in [-0.1, -0.05) is 6.07 Å². The molecule has 1 aliphatic carbocycles. The minimum absolute atomic E-state index is 0.356. The number of aromatic nitrogens is 1. The van der Waals surface area contributed by atoms with Crippen molar-refractivity contribution in [3.05, 3.63) is 18.2 Å². The summed E-state index contributed by atoms with van der Waals surface area (Å²) in [5.74, 6) is 1.18. The van der Waals surface area contributed by atoms with E-state index >= 15 is 0 Å². The van der Waals surface area contributed by atoms with Crippen LogP contribution in [0.25, 0.3) is 0 Å². The SMILES string of the molecule is Nc1cccc(OC2CCCC2)n1. The van der Waals surface area contributed by atoms with Crippen LogP contribution in [-0.4, -0.2) is 11.1 Å². The molecule has 1 aromatic heterocycles. The number of ether oxygens (including phenoxy) is 1. The maximum absolute atomic E-state index is 5.66. The van der Waals surface area contributed by atoms with Gasteiger partial charge in [0.15, 0.2) is 0 Å². The Labute approximate surface area is 77.9 Å². The summed E-state index contributed by atoms with van der Waals surface area (Å²) in [4.78, 5) is 4.09. The second kappa shape index (κ2) is 3.64. The van der Waals surface area contributed by atoms with Crippen LogP contribution in [0.15, 0.2) is 18.2 Å². The van der Waals surface area contributed by atoms with Gasteiger partial charge in [0.2, 0.25) is 5.88 Å². The van der Waals surface area contributed by atoms with Gasteiger partial charge in [0.25, 0.3) is 0 Å². The molecule has 2 N–H and O–H groups in total. The van der Waals surface area contributed by atoms with Crippen LogP contribution in [0.2, 0.25) is 0 Å². The molecule has 70 valence electrons. The number of rotatable bonds is 2. The minimum Gasteiger partial charge on any atom is -0.474 e. The predicted octanol–water partition coefficient (Wildman–Crippen LogP) is 1.99. The van der Waals surface area contributed by atoms with Gasteiger partial charge in [-0.2, -0.15) is 4.98 Å². The second-order valence-corrected chi connectivity index (χ2v) is 3.43. The third-order valence-corrected chi connectivity index (χ3v) is 2.33. The maximum atomic E-state index is 5.66. The highest BCUT2D eigenvalue weighted by Crippen LogP contribution is 2.22. The van der Waals surface area contributed by atoms with E-state index in [9.17, 15) is 0 Å². The number of anilines is 1. The zero-order chi connectivity index (χ0) is 9.10. The lowest BCUT2D eigenvalue weighted by atomic mass is 10.3. The highest BCUT2D eigenvalue weighted by molar-refractivity contribution is 5.31. The fourth-order valence-corrected chi connectivity index (χ4v) is 1.67. The largest absolute Gasteiger partial charge is 0.474 e. The van der Waals surface area contributed by atoms with E-state index < -0.39 is 0 Å². The van der Waals surface area contributed by atoms with Crippen LogP contribution in [0.3, 0.4) is 0 Å². The van der Waals surface area contributed by atoms with E-state index in [1.54, 1.807) is 6.07 Å². The molecule has 0 amide bonds. The standard InChI is InChI=1S/C10H14N2O/c11-9-6-3-7-10(12-9)13-8-4-1-2-5-8/h3,6-8H,1-2,4-5H2,(H2,11,12). The monoisotopic (exact) mass is 178 g/mol. The number of nitrogen functional groups attached to an aromatic ring is 1. The van der Waals surface area contributed by atoms with Crippen LogP contribution in [0.5, 0.6) is 5.88 Å². The van der Waals surface area contributed by atoms with E-state index in [-0.39, 0.29) is 0 Å². The first-order chi connectivity index (χ1) is 6.34. The lowest BCUT2D eigenvalue weighted by Gasteiger charge is -2.11. The minimum atomic E-state index is 0.356. The topological polar surface area (TPSA) is 48.1 Å². The molecule has 0 bridgehead atoms. The van der Waals surface area contributed by atoms with Crippen molar-refractivity contribution in [2.45, 2.75) is 31.8 Å². The number of hydrogen-bond acceptors (Lipinski definition) is 3. The van der Waals surface area contributed by atoms with Crippen molar-refractivity contribution in [1.29, 1.82) is 0 Å². The molecule has 0 unspecified atom stereocenters. The maximum Gasteiger partial charge on any atom is 0.215 e. The molecular formula is C10H14N2O. The average Bonchev–Trinajstić information content (AvgIpc) is 2.57. The fourth-order valence-electron chi connectivity index (χ4n) is 1.67. The first-order valence-electron chi connectivity index (χ1n) is 4.74. The second-order valence-electron chi connectivity index (χ2n) is 3.43. The molecule has 0 aliphatic heterocycles. The van der Waals surface area contributed by atoms with E-state index in [0.29, 0.717) is 17.8 Å². The van der Waals surface area contributed by atoms with Gasteiger partial charge in [-0.25, -0.2) is 0 Å². The number of hydrogen-bond donors (Lipinski definition) is 1. The molecule has 1 heterocycles. The van der Waals surface area contributed by atoms with Crippen molar-refractivity contribution < 1.29 is 4.74 Å². The summed E-state index contributed by atoms with van der Waals surface area (Å²) in [6.07, 6.45) is 5.20. The molecule has 1 aliphatic rings. The number of nitrogens with two attached hydrogens (primary N) is 1. The van der Waals surface area contributed by atoms with E-state index in [1.165, 1.54) is 12.8 Å². The van der Waals surface area contributed by atoms with Crippen LogP contribution in [0, 0.1) is 0 Å².